The number of amides is 2. The van der Waals surface area contributed by atoms with Crippen molar-refractivity contribution in [3.8, 4) is 0 Å². The Hall–Kier alpha value is -3.86. The zero-order valence-corrected chi connectivity index (χ0v) is 25.6. The van der Waals surface area contributed by atoms with E-state index in [4.69, 9.17) is 0 Å². The van der Waals surface area contributed by atoms with E-state index in [0.717, 1.165) is 41.7 Å². The van der Waals surface area contributed by atoms with E-state index in [1.54, 1.807) is 32.0 Å². The van der Waals surface area contributed by atoms with Gasteiger partial charge in [0.15, 0.2) is 0 Å². The highest BCUT2D eigenvalue weighted by Gasteiger charge is 2.36. The van der Waals surface area contributed by atoms with Crippen molar-refractivity contribution in [2.45, 2.75) is 70.6 Å². The Kier molecular flexibility index (Phi) is 11.4. The second-order valence-corrected chi connectivity index (χ2v) is 12.3. The third-order valence-corrected chi connectivity index (χ3v) is 8.95. The molecule has 3 aromatic carbocycles. The zero-order valence-electron chi connectivity index (χ0n) is 24.8. The van der Waals surface area contributed by atoms with Gasteiger partial charge in [0.1, 0.15) is 12.6 Å². The molecule has 0 spiro atoms. The third-order valence-electron chi connectivity index (χ3n) is 7.17. The molecule has 232 valence electrons. The number of aryl methyl sites for hydroxylation is 2. The number of rotatable bonds is 13. The van der Waals surface area contributed by atoms with Crippen LogP contribution in [0, 0.1) is 13.8 Å². The van der Waals surface area contributed by atoms with Crippen LogP contribution in [0.15, 0.2) is 77.7 Å². The van der Waals surface area contributed by atoms with Crippen molar-refractivity contribution in [3.05, 3.63) is 95.1 Å². The van der Waals surface area contributed by atoms with Gasteiger partial charge in [-0.05, 0) is 68.1 Å². The van der Waals surface area contributed by atoms with Crippen molar-refractivity contribution in [3.63, 3.8) is 0 Å². The SMILES string of the molecule is CCCCNC(=O)C(CC)N(Cc1ccccc1C)C(=O)CN(c1cccc(C(F)(F)F)c1)S(=O)(=O)c1ccc(C)cc1. The van der Waals surface area contributed by atoms with Crippen LogP contribution in [0.4, 0.5) is 18.9 Å². The molecule has 2 amide bonds. The molecule has 0 aromatic heterocycles. The topological polar surface area (TPSA) is 86.8 Å². The third kappa shape index (κ3) is 8.59. The Labute approximate surface area is 251 Å². The summed E-state index contributed by atoms with van der Waals surface area (Å²) >= 11 is 0. The average Bonchev–Trinajstić information content (AvgIpc) is 2.96. The number of halogens is 3. The van der Waals surface area contributed by atoms with Crippen molar-refractivity contribution in [2.75, 3.05) is 17.4 Å². The lowest BCUT2D eigenvalue weighted by Gasteiger charge is -2.33. The number of benzene rings is 3. The van der Waals surface area contributed by atoms with Gasteiger partial charge in [-0.3, -0.25) is 13.9 Å². The van der Waals surface area contributed by atoms with Gasteiger partial charge in [0.25, 0.3) is 10.0 Å². The van der Waals surface area contributed by atoms with Gasteiger partial charge in [-0.15, -0.1) is 0 Å². The summed E-state index contributed by atoms with van der Waals surface area (Å²) in [4.78, 5) is 28.5. The summed E-state index contributed by atoms with van der Waals surface area (Å²) in [6, 6.07) is 16.0. The molecule has 0 aliphatic carbocycles. The van der Waals surface area contributed by atoms with Gasteiger partial charge in [0.2, 0.25) is 11.8 Å². The fourth-order valence-corrected chi connectivity index (χ4v) is 6.01. The van der Waals surface area contributed by atoms with E-state index >= 15 is 0 Å². The van der Waals surface area contributed by atoms with Gasteiger partial charge in [0, 0.05) is 13.1 Å². The maximum atomic E-state index is 14.1. The molecule has 0 aliphatic rings. The van der Waals surface area contributed by atoms with Crippen LogP contribution in [0.1, 0.15) is 55.4 Å². The van der Waals surface area contributed by atoms with Crippen LogP contribution in [-0.4, -0.2) is 44.3 Å². The fourth-order valence-electron chi connectivity index (χ4n) is 4.60. The molecule has 1 unspecified atom stereocenters. The van der Waals surface area contributed by atoms with E-state index in [0.29, 0.717) is 16.9 Å². The summed E-state index contributed by atoms with van der Waals surface area (Å²) in [6.07, 6.45) is -2.90. The van der Waals surface area contributed by atoms with E-state index in [9.17, 15) is 31.2 Å². The number of sulfonamides is 1. The molecule has 0 aliphatic heterocycles. The Morgan fingerprint density at radius 2 is 1.60 bits per heavy atom. The predicted molar refractivity (Wildman–Crippen MR) is 161 cm³/mol. The molecule has 0 saturated heterocycles. The van der Waals surface area contributed by atoms with E-state index < -0.39 is 40.3 Å². The molecule has 0 radical (unpaired) electrons. The van der Waals surface area contributed by atoms with Crippen molar-refractivity contribution in [1.82, 2.24) is 10.2 Å². The van der Waals surface area contributed by atoms with E-state index in [1.165, 1.54) is 23.1 Å². The molecule has 0 heterocycles. The molecule has 0 saturated carbocycles. The summed E-state index contributed by atoms with van der Waals surface area (Å²) in [5, 5.41) is 2.85. The number of hydrogen-bond donors (Lipinski definition) is 1. The van der Waals surface area contributed by atoms with Crippen molar-refractivity contribution in [1.29, 1.82) is 0 Å². The van der Waals surface area contributed by atoms with Gasteiger partial charge in [0.05, 0.1) is 16.1 Å². The first-order chi connectivity index (χ1) is 20.3. The van der Waals surface area contributed by atoms with Crippen molar-refractivity contribution in [2.24, 2.45) is 0 Å². The number of hydrogen-bond acceptors (Lipinski definition) is 4. The first kappa shape index (κ1) is 33.6. The van der Waals surface area contributed by atoms with Gasteiger partial charge in [-0.2, -0.15) is 13.2 Å². The second-order valence-electron chi connectivity index (χ2n) is 10.4. The Balaban J connectivity index is 2.11. The van der Waals surface area contributed by atoms with Crippen molar-refractivity contribution >= 4 is 27.5 Å². The van der Waals surface area contributed by atoms with Crippen LogP contribution in [0.3, 0.4) is 0 Å². The first-order valence-corrected chi connectivity index (χ1v) is 15.6. The Bertz CT molecular complexity index is 1510. The van der Waals surface area contributed by atoms with Gasteiger partial charge >= 0.3 is 6.18 Å². The van der Waals surface area contributed by atoms with Gasteiger partial charge in [-0.25, -0.2) is 8.42 Å². The van der Waals surface area contributed by atoms with Gasteiger partial charge < -0.3 is 10.2 Å². The quantitative estimate of drug-likeness (QED) is 0.230. The molecular formula is C32H38F3N3O4S. The molecule has 0 fully saturated rings. The number of unbranched alkanes of at least 4 members (excludes halogenated alkanes) is 1. The lowest BCUT2D eigenvalue weighted by Crippen LogP contribution is -2.52. The average molecular weight is 618 g/mol. The highest BCUT2D eigenvalue weighted by Crippen LogP contribution is 2.33. The number of nitrogens with one attached hydrogen (secondary N) is 1. The lowest BCUT2D eigenvalue weighted by molar-refractivity contribution is -0.140. The number of carbonyl (C=O) groups is 2. The summed E-state index contributed by atoms with van der Waals surface area (Å²) in [5.41, 5.74) is 1.02. The molecule has 11 heteroatoms. The normalized spacial score (nSPS) is 12.4. The van der Waals surface area contributed by atoms with E-state index in [1.807, 2.05) is 32.0 Å². The number of nitrogens with zero attached hydrogens (tertiary/aromatic N) is 2. The summed E-state index contributed by atoms with van der Waals surface area (Å²) in [7, 11) is -4.50. The summed E-state index contributed by atoms with van der Waals surface area (Å²) in [5.74, 6) is -1.11. The fraction of sp³-hybridized carbons (Fsp3) is 0.375. The maximum Gasteiger partial charge on any atom is 0.416 e. The van der Waals surface area contributed by atoms with Crippen LogP contribution in [-0.2, 0) is 32.3 Å². The molecule has 0 bridgehead atoms. The minimum Gasteiger partial charge on any atom is -0.354 e. The predicted octanol–water partition coefficient (Wildman–Crippen LogP) is 6.24. The second kappa shape index (κ2) is 14.5. The molecule has 7 nitrogen and oxygen atoms in total. The largest absolute Gasteiger partial charge is 0.416 e. The standard InChI is InChI=1S/C32H38F3N3O4S/c1-5-7-19-36-31(40)29(6-2)37(21-25-12-9-8-11-24(25)4)30(39)22-38(27-14-10-13-26(20-27)32(33,34)35)43(41,42)28-17-15-23(3)16-18-28/h8-18,20,29H,5-7,19,21-22H2,1-4H3,(H,36,40). The molecule has 43 heavy (non-hydrogen) atoms. The van der Waals surface area contributed by atoms with Crippen LogP contribution in [0.25, 0.3) is 0 Å². The highest BCUT2D eigenvalue weighted by atomic mass is 32.2. The summed E-state index contributed by atoms with van der Waals surface area (Å²) in [6.45, 7) is 6.95. The van der Waals surface area contributed by atoms with Crippen LogP contribution in [0.2, 0.25) is 0 Å². The van der Waals surface area contributed by atoms with Crippen LogP contribution < -0.4 is 9.62 Å². The van der Waals surface area contributed by atoms with Crippen molar-refractivity contribution < 1.29 is 31.2 Å². The van der Waals surface area contributed by atoms with E-state index in [2.05, 4.69) is 5.32 Å². The van der Waals surface area contributed by atoms with Crippen LogP contribution in [0.5, 0.6) is 0 Å². The maximum absolute atomic E-state index is 14.1. The minimum atomic E-state index is -4.74. The Morgan fingerprint density at radius 3 is 2.21 bits per heavy atom. The van der Waals surface area contributed by atoms with Gasteiger partial charge in [-0.1, -0.05) is 68.3 Å². The number of anilines is 1. The zero-order chi connectivity index (χ0) is 31.8. The molecule has 1 N–H and O–H groups in total. The smallest absolute Gasteiger partial charge is 0.354 e. The molecule has 3 aromatic rings. The lowest BCUT2D eigenvalue weighted by atomic mass is 10.1. The molecular weight excluding hydrogens is 579 g/mol. The number of carbonyl (C=O) groups excluding carboxylic acids is 2. The monoisotopic (exact) mass is 617 g/mol. The molecule has 1 atom stereocenters. The van der Waals surface area contributed by atoms with E-state index in [-0.39, 0.29) is 29.5 Å². The minimum absolute atomic E-state index is 0.00617. The summed E-state index contributed by atoms with van der Waals surface area (Å²) < 4.78 is 69.5. The Morgan fingerprint density at radius 1 is 0.930 bits per heavy atom. The van der Waals surface area contributed by atoms with Crippen LogP contribution >= 0.6 is 0 Å². The first-order valence-electron chi connectivity index (χ1n) is 14.2. The molecule has 3 rings (SSSR count). The number of alkyl halides is 3. The highest BCUT2D eigenvalue weighted by molar-refractivity contribution is 7.92.